The Bertz CT molecular complexity index is 1310. The molecule has 0 spiro atoms. The molecule has 172 valence electrons. The van der Waals surface area contributed by atoms with E-state index in [1.807, 2.05) is 26.0 Å². The van der Waals surface area contributed by atoms with E-state index in [0.29, 0.717) is 22.7 Å². The van der Waals surface area contributed by atoms with E-state index >= 15 is 0 Å². The van der Waals surface area contributed by atoms with Crippen LogP contribution in [-0.2, 0) is 24.0 Å². The predicted octanol–water partition coefficient (Wildman–Crippen LogP) is 6.65. The maximum Gasteiger partial charge on any atom is 0.416 e. The van der Waals surface area contributed by atoms with Crippen LogP contribution in [0.1, 0.15) is 33.1 Å². The fourth-order valence-corrected chi connectivity index (χ4v) is 5.23. The van der Waals surface area contributed by atoms with Gasteiger partial charge in [0.25, 0.3) is 0 Å². The Morgan fingerprint density at radius 1 is 1.09 bits per heavy atom. The summed E-state index contributed by atoms with van der Waals surface area (Å²) in [6.07, 6.45) is -4.00. The normalized spacial score (nSPS) is 11.8. The van der Waals surface area contributed by atoms with Crippen LogP contribution in [0.15, 0.2) is 36.4 Å². The SMILES string of the molecule is Cc1cc(OCc2sc(-c3ccc(C(F)(F)F)cc3)nc2C)c2sc(CCC(=O)O)nc2c1. The highest BCUT2D eigenvalue weighted by Gasteiger charge is 2.30. The highest BCUT2D eigenvalue weighted by Crippen LogP contribution is 2.36. The van der Waals surface area contributed by atoms with Gasteiger partial charge in [0.2, 0.25) is 0 Å². The van der Waals surface area contributed by atoms with Gasteiger partial charge in [0.15, 0.2) is 0 Å². The molecule has 1 N–H and O–H groups in total. The summed E-state index contributed by atoms with van der Waals surface area (Å²) >= 11 is 2.79. The lowest BCUT2D eigenvalue weighted by atomic mass is 10.1. The van der Waals surface area contributed by atoms with Crippen molar-refractivity contribution in [2.24, 2.45) is 0 Å². The first-order valence-corrected chi connectivity index (χ1v) is 11.6. The molecule has 2 aromatic heterocycles. The van der Waals surface area contributed by atoms with Crippen LogP contribution < -0.4 is 4.74 Å². The van der Waals surface area contributed by atoms with Gasteiger partial charge >= 0.3 is 12.1 Å². The van der Waals surface area contributed by atoms with Crippen molar-refractivity contribution >= 4 is 38.9 Å². The van der Waals surface area contributed by atoms with Gasteiger partial charge in [0.1, 0.15) is 17.4 Å². The highest BCUT2D eigenvalue weighted by molar-refractivity contribution is 7.19. The lowest BCUT2D eigenvalue weighted by Crippen LogP contribution is -2.03. The summed E-state index contributed by atoms with van der Waals surface area (Å²) in [5.41, 5.74) is 2.41. The van der Waals surface area contributed by atoms with Crippen LogP contribution in [-0.4, -0.2) is 21.0 Å². The Morgan fingerprint density at radius 2 is 1.82 bits per heavy atom. The first kappa shape index (κ1) is 23.2. The summed E-state index contributed by atoms with van der Waals surface area (Å²) < 4.78 is 45.4. The van der Waals surface area contributed by atoms with E-state index in [2.05, 4.69) is 9.97 Å². The van der Waals surface area contributed by atoms with E-state index < -0.39 is 17.7 Å². The van der Waals surface area contributed by atoms with Gasteiger partial charge in [-0.05, 0) is 43.7 Å². The fraction of sp³-hybridized carbons (Fsp3) is 0.261. The number of nitrogens with zero attached hydrogens (tertiary/aromatic N) is 2. The zero-order chi connectivity index (χ0) is 23.8. The molecule has 5 nitrogen and oxygen atoms in total. The van der Waals surface area contributed by atoms with E-state index in [4.69, 9.17) is 9.84 Å². The molecular weight excluding hydrogens is 473 g/mol. The third-order valence-corrected chi connectivity index (χ3v) is 7.23. The second-order valence-electron chi connectivity index (χ2n) is 7.50. The van der Waals surface area contributed by atoms with E-state index in [-0.39, 0.29) is 13.0 Å². The summed E-state index contributed by atoms with van der Waals surface area (Å²) in [5.74, 6) is -0.209. The number of rotatable bonds is 7. The molecule has 0 saturated heterocycles. The van der Waals surface area contributed by atoms with Gasteiger partial charge in [-0.1, -0.05) is 12.1 Å². The molecule has 4 rings (SSSR count). The minimum Gasteiger partial charge on any atom is -0.486 e. The van der Waals surface area contributed by atoms with Gasteiger partial charge in [-0.25, -0.2) is 9.97 Å². The molecular formula is C23H19F3N2O3S2. The predicted molar refractivity (Wildman–Crippen MR) is 122 cm³/mol. The quantitative estimate of drug-likeness (QED) is 0.313. The molecule has 0 aliphatic heterocycles. The standard InChI is InChI=1S/C23H19F3N2O3S2/c1-12-9-16-21(33-19(28-16)7-8-20(29)30)17(10-12)31-11-18-13(2)27-22(32-18)14-3-5-15(6-4-14)23(24,25)26/h3-6,9-10H,7-8,11H2,1-2H3,(H,29,30). The number of aryl methyl sites for hydroxylation is 3. The van der Waals surface area contributed by atoms with Crippen molar-refractivity contribution in [3.05, 3.63) is 63.1 Å². The average molecular weight is 493 g/mol. The monoisotopic (exact) mass is 492 g/mol. The second kappa shape index (κ2) is 9.11. The Morgan fingerprint density at radius 3 is 2.48 bits per heavy atom. The number of hydrogen-bond acceptors (Lipinski definition) is 6. The Labute approximate surface area is 195 Å². The number of hydrogen-bond donors (Lipinski definition) is 1. The summed E-state index contributed by atoms with van der Waals surface area (Å²) in [4.78, 5) is 20.8. The number of ether oxygens (including phenoxy) is 1. The third kappa shape index (κ3) is 5.33. The van der Waals surface area contributed by atoms with E-state index in [1.165, 1.54) is 34.8 Å². The Hall–Kier alpha value is -2.98. The number of thiazole rings is 2. The summed E-state index contributed by atoms with van der Waals surface area (Å²) in [6, 6.07) is 8.80. The van der Waals surface area contributed by atoms with E-state index in [0.717, 1.165) is 43.5 Å². The van der Waals surface area contributed by atoms with Gasteiger partial charge in [-0.2, -0.15) is 13.2 Å². The lowest BCUT2D eigenvalue weighted by Gasteiger charge is -2.07. The molecule has 33 heavy (non-hydrogen) atoms. The molecule has 0 fully saturated rings. The van der Waals surface area contributed by atoms with Gasteiger partial charge in [-0.15, -0.1) is 22.7 Å². The molecule has 0 unspecified atom stereocenters. The number of aromatic nitrogens is 2. The Balaban J connectivity index is 1.54. The molecule has 0 aliphatic rings. The largest absolute Gasteiger partial charge is 0.486 e. The van der Waals surface area contributed by atoms with Crippen molar-refractivity contribution in [1.29, 1.82) is 0 Å². The van der Waals surface area contributed by atoms with E-state index in [1.54, 1.807) is 0 Å². The molecule has 2 heterocycles. The zero-order valence-corrected chi connectivity index (χ0v) is 19.3. The van der Waals surface area contributed by atoms with Gasteiger partial charge in [-0.3, -0.25) is 4.79 Å². The highest BCUT2D eigenvalue weighted by atomic mass is 32.1. The topological polar surface area (TPSA) is 72.3 Å². The van der Waals surface area contributed by atoms with Crippen molar-refractivity contribution < 1.29 is 27.8 Å². The maximum absolute atomic E-state index is 12.8. The smallest absolute Gasteiger partial charge is 0.416 e. The van der Waals surface area contributed by atoms with Crippen molar-refractivity contribution in [1.82, 2.24) is 9.97 Å². The molecule has 0 aliphatic carbocycles. The van der Waals surface area contributed by atoms with Crippen LogP contribution in [0, 0.1) is 13.8 Å². The summed E-state index contributed by atoms with van der Waals surface area (Å²) in [6.45, 7) is 4.03. The number of carboxylic acid groups (broad SMARTS) is 1. The van der Waals surface area contributed by atoms with Gasteiger partial charge in [0, 0.05) is 12.0 Å². The third-order valence-electron chi connectivity index (χ3n) is 4.91. The van der Waals surface area contributed by atoms with Crippen LogP contribution in [0.3, 0.4) is 0 Å². The number of carboxylic acids is 1. The van der Waals surface area contributed by atoms with Gasteiger partial charge < -0.3 is 9.84 Å². The number of benzene rings is 2. The molecule has 4 aromatic rings. The number of carbonyl (C=O) groups is 1. The molecule has 10 heteroatoms. The molecule has 0 atom stereocenters. The van der Waals surface area contributed by atoms with Crippen molar-refractivity contribution in [2.75, 3.05) is 0 Å². The molecule has 0 amide bonds. The van der Waals surface area contributed by atoms with Crippen LogP contribution >= 0.6 is 22.7 Å². The fourth-order valence-electron chi connectivity index (χ4n) is 3.24. The molecule has 0 saturated carbocycles. The van der Waals surface area contributed by atoms with Crippen LogP contribution in [0.5, 0.6) is 5.75 Å². The number of fused-ring (bicyclic) bond motifs is 1. The minimum absolute atomic E-state index is 0.0157. The van der Waals surface area contributed by atoms with Crippen molar-refractivity contribution in [3.8, 4) is 16.3 Å². The maximum atomic E-state index is 12.8. The first-order valence-electron chi connectivity index (χ1n) is 9.99. The van der Waals surface area contributed by atoms with Crippen molar-refractivity contribution in [2.45, 2.75) is 39.5 Å². The van der Waals surface area contributed by atoms with Crippen LogP contribution in [0.4, 0.5) is 13.2 Å². The summed E-state index contributed by atoms with van der Waals surface area (Å²) in [7, 11) is 0. The lowest BCUT2D eigenvalue weighted by molar-refractivity contribution is -0.138. The molecule has 0 radical (unpaired) electrons. The summed E-state index contributed by atoms with van der Waals surface area (Å²) in [5, 5.41) is 10.3. The van der Waals surface area contributed by atoms with Crippen LogP contribution in [0.2, 0.25) is 0 Å². The minimum atomic E-state index is -4.38. The number of aliphatic carboxylic acids is 1. The van der Waals surface area contributed by atoms with Gasteiger partial charge in [0.05, 0.1) is 37.8 Å². The average Bonchev–Trinajstić information content (AvgIpc) is 3.33. The van der Waals surface area contributed by atoms with Crippen molar-refractivity contribution in [3.63, 3.8) is 0 Å². The Kier molecular flexibility index (Phi) is 6.40. The van der Waals surface area contributed by atoms with E-state index in [9.17, 15) is 18.0 Å². The number of halogens is 3. The van der Waals surface area contributed by atoms with Crippen LogP contribution in [0.25, 0.3) is 20.8 Å². The molecule has 0 bridgehead atoms. The molecule has 2 aromatic carbocycles. The number of alkyl halides is 3. The zero-order valence-electron chi connectivity index (χ0n) is 17.7. The first-order chi connectivity index (χ1) is 15.6. The second-order valence-corrected chi connectivity index (χ2v) is 9.67.